The Hall–Kier alpha value is -1.16. The SMILES string of the molecule is CC(C)c1ncc(N2CCNCC2)c(C(C)(C)C)n1. The highest BCUT2D eigenvalue weighted by Gasteiger charge is 2.25. The van der Waals surface area contributed by atoms with Gasteiger partial charge in [-0.05, 0) is 0 Å². The first-order valence-electron chi connectivity index (χ1n) is 7.22. The highest BCUT2D eigenvalue weighted by Crippen LogP contribution is 2.31. The Labute approximate surface area is 116 Å². The molecule has 0 atom stereocenters. The van der Waals surface area contributed by atoms with Gasteiger partial charge in [0.25, 0.3) is 0 Å². The molecule has 1 aromatic heterocycles. The molecule has 1 aromatic rings. The zero-order valence-corrected chi connectivity index (χ0v) is 12.8. The van der Waals surface area contributed by atoms with Crippen molar-refractivity contribution in [1.29, 1.82) is 0 Å². The lowest BCUT2D eigenvalue weighted by molar-refractivity contribution is 0.540. The van der Waals surface area contributed by atoms with E-state index >= 15 is 0 Å². The summed E-state index contributed by atoms with van der Waals surface area (Å²) >= 11 is 0. The molecule has 0 amide bonds. The third-order valence-electron chi connectivity index (χ3n) is 3.47. The maximum Gasteiger partial charge on any atom is 0.131 e. The molecule has 19 heavy (non-hydrogen) atoms. The molecule has 0 saturated carbocycles. The van der Waals surface area contributed by atoms with Gasteiger partial charge in [-0.1, -0.05) is 34.6 Å². The van der Waals surface area contributed by atoms with Crippen LogP contribution in [-0.4, -0.2) is 36.1 Å². The van der Waals surface area contributed by atoms with Crippen molar-refractivity contribution in [2.75, 3.05) is 31.1 Å². The normalized spacial score (nSPS) is 17.1. The third kappa shape index (κ3) is 3.24. The standard InChI is InChI=1S/C15H26N4/c1-11(2)14-17-10-12(13(18-14)15(3,4)5)19-8-6-16-7-9-19/h10-11,16H,6-9H2,1-5H3. The van der Waals surface area contributed by atoms with Crippen molar-refractivity contribution < 1.29 is 0 Å². The maximum atomic E-state index is 4.85. The molecule has 0 unspecified atom stereocenters. The van der Waals surface area contributed by atoms with E-state index in [9.17, 15) is 0 Å². The largest absolute Gasteiger partial charge is 0.366 e. The predicted molar refractivity (Wildman–Crippen MR) is 79.9 cm³/mol. The summed E-state index contributed by atoms with van der Waals surface area (Å²) in [5.74, 6) is 1.32. The molecule has 4 nitrogen and oxygen atoms in total. The first-order valence-corrected chi connectivity index (χ1v) is 7.22. The number of anilines is 1. The van der Waals surface area contributed by atoms with Crippen LogP contribution in [-0.2, 0) is 5.41 Å². The van der Waals surface area contributed by atoms with E-state index in [-0.39, 0.29) is 5.41 Å². The van der Waals surface area contributed by atoms with Crippen LogP contribution in [0.4, 0.5) is 5.69 Å². The fourth-order valence-corrected chi connectivity index (χ4v) is 2.36. The van der Waals surface area contributed by atoms with Gasteiger partial charge in [0, 0.05) is 37.5 Å². The minimum atomic E-state index is 0.0484. The van der Waals surface area contributed by atoms with E-state index in [0.717, 1.165) is 32.0 Å². The fourth-order valence-electron chi connectivity index (χ4n) is 2.36. The van der Waals surface area contributed by atoms with Crippen LogP contribution in [0.3, 0.4) is 0 Å². The molecule has 1 N–H and O–H groups in total. The summed E-state index contributed by atoms with van der Waals surface area (Å²) in [6, 6.07) is 0. The molecule has 2 heterocycles. The van der Waals surface area contributed by atoms with Gasteiger partial charge in [0.2, 0.25) is 0 Å². The van der Waals surface area contributed by atoms with Gasteiger partial charge in [-0.25, -0.2) is 9.97 Å². The lowest BCUT2D eigenvalue weighted by atomic mass is 9.90. The minimum Gasteiger partial charge on any atom is -0.366 e. The summed E-state index contributed by atoms with van der Waals surface area (Å²) in [5.41, 5.74) is 2.43. The quantitative estimate of drug-likeness (QED) is 0.888. The van der Waals surface area contributed by atoms with Crippen LogP contribution in [0, 0.1) is 0 Å². The maximum absolute atomic E-state index is 4.85. The fraction of sp³-hybridized carbons (Fsp3) is 0.733. The lowest BCUT2D eigenvalue weighted by Crippen LogP contribution is -2.44. The number of hydrogen-bond acceptors (Lipinski definition) is 4. The Balaban J connectivity index is 2.41. The average molecular weight is 262 g/mol. The zero-order valence-electron chi connectivity index (χ0n) is 12.8. The van der Waals surface area contributed by atoms with E-state index in [4.69, 9.17) is 4.98 Å². The first kappa shape index (κ1) is 14.3. The van der Waals surface area contributed by atoms with Crippen LogP contribution in [0.25, 0.3) is 0 Å². The Bertz CT molecular complexity index is 428. The van der Waals surface area contributed by atoms with Crippen molar-refractivity contribution in [2.24, 2.45) is 0 Å². The molecule has 1 fully saturated rings. The number of rotatable bonds is 2. The van der Waals surface area contributed by atoms with E-state index in [0.29, 0.717) is 5.92 Å². The van der Waals surface area contributed by atoms with Gasteiger partial charge in [0.05, 0.1) is 17.6 Å². The van der Waals surface area contributed by atoms with Crippen molar-refractivity contribution >= 4 is 5.69 Å². The molecular weight excluding hydrogens is 236 g/mol. The van der Waals surface area contributed by atoms with Gasteiger partial charge >= 0.3 is 0 Å². The smallest absolute Gasteiger partial charge is 0.131 e. The molecule has 106 valence electrons. The van der Waals surface area contributed by atoms with Gasteiger partial charge in [-0.3, -0.25) is 0 Å². The second kappa shape index (κ2) is 5.45. The van der Waals surface area contributed by atoms with Crippen LogP contribution in [0.15, 0.2) is 6.20 Å². The topological polar surface area (TPSA) is 41.1 Å². The van der Waals surface area contributed by atoms with Crippen molar-refractivity contribution in [3.05, 3.63) is 17.7 Å². The van der Waals surface area contributed by atoms with Crippen molar-refractivity contribution in [3.63, 3.8) is 0 Å². The van der Waals surface area contributed by atoms with E-state index in [1.807, 2.05) is 6.20 Å². The predicted octanol–water partition coefficient (Wildman–Crippen LogP) is 2.31. The zero-order chi connectivity index (χ0) is 14.0. The molecule has 0 bridgehead atoms. The van der Waals surface area contributed by atoms with Gasteiger partial charge < -0.3 is 10.2 Å². The Kier molecular flexibility index (Phi) is 4.09. The number of nitrogens with zero attached hydrogens (tertiary/aromatic N) is 3. The van der Waals surface area contributed by atoms with Gasteiger partial charge in [-0.15, -0.1) is 0 Å². The summed E-state index contributed by atoms with van der Waals surface area (Å²) in [4.78, 5) is 11.8. The van der Waals surface area contributed by atoms with E-state index in [1.165, 1.54) is 11.4 Å². The highest BCUT2D eigenvalue weighted by molar-refractivity contribution is 5.52. The second-order valence-electron chi connectivity index (χ2n) is 6.60. The van der Waals surface area contributed by atoms with E-state index in [2.05, 4.69) is 49.8 Å². The third-order valence-corrected chi connectivity index (χ3v) is 3.47. The van der Waals surface area contributed by atoms with Gasteiger partial charge in [-0.2, -0.15) is 0 Å². The summed E-state index contributed by atoms with van der Waals surface area (Å²) < 4.78 is 0. The summed E-state index contributed by atoms with van der Waals surface area (Å²) in [6.07, 6.45) is 2.02. The molecule has 0 aliphatic carbocycles. The monoisotopic (exact) mass is 262 g/mol. The molecule has 2 rings (SSSR count). The molecule has 0 radical (unpaired) electrons. The summed E-state index contributed by atoms with van der Waals surface area (Å²) in [7, 11) is 0. The summed E-state index contributed by atoms with van der Waals surface area (Å²) in [6.45, 7) is 15.1. The number of nitrogens with one attached hydrogen (secondary N) is 1. The number of aromatic nitrogens is 2. The second-order valence-corrected chi connectivity index (χ2v) is 6.60. The van der Waals surface area contributed by atoms with Crippen molar-refractivity contribution in [3.8, 4) is 0 Å². The minimum absolute atomic E-state index is 0.0484. The molecule has 0 aromatic carbocycles. The molecule has 1 saturated heterocycles. The Morgan fingerprint density at radius 2 is 1.84 bits per heavy atom. The van der Waals surface area contributed by atoms with Crippen molar-refractivity contribution in [2.45, 2.75) is 46.0 Å². The Morgan fingerprint density at radius 1 is 1.21 bits per heavy atom. The Morgan fingerprint density at radius 3 is 2.37 bits per heavy atom. The van der Waals surface area contributed by atoms with Crippen LogP contribution in [0.2, 0.25) is 0 Å². The average Bonchev–Trinajstić information content (AvgIpc) is 2.38. The molecule has 0 spiro atoms. The van der Waals surface area contributed by atoms with Crippen LogP contribution in [0.1, 0.15) is 52.1 Å². The molecular formula is C15H26N4. The van der Waals surface area contributed by atoms with Gasteiger partial charge in [0.15, 0.2) is 0 Å². The van der Waals surface area contributed by atoms with Crippen LogP contribution in [0.5, 0.6) is 0 Å². The van der Waals surface area contributed by atoms with Crippen LogP contribution >= 0.6 is 0 Å². The van der Waals surface area contributed by atoms with E-state index in [1.54, 1.807) is 0 Å². The molecule has 4 heteroatoms. The number of piperazine rings is 1. The first-order chi connectivity index (χ1) is 8.89. The molecule has 1 aliphatic rings. The van der Waals surface area contributed by atoms with Crippen molar-refractivity contribution in [1.82, 2.24) is 15.3 Å². The van der Waals surface area contributed by atoms with E-state index < -0.39 is 0 Å². The van der Waals surface area contributed by atoms with Crippen LogP contribution < -0.4 is 10.2 Å². The summed E-state index contributed by atoms with van der Waals surface area (Å²) in [5, 5.41) is 3.39. The highest BCUT2D eigenvalue weighted by atomic mass is 15.2. The van der Waals surface area contributed by atoms with Gasteiger partial charge in [0.1, 0.15) is 5.82 Å². The molecule has 1 aliphatic heterocycles. The lowest BCUT2D eigenvalue weighted by Gasteiger charge is -2.33. The number of hydrogen-bond donors (Lipinski definition) is 1.